The van der Waals surface area contributed by atoms with E-state index < -0.39 is 0 Å². The second kappa shape index (κ2) is 4.47. The normalized spacial score (nSPS) is 11.4. The highest BCUT2D eigenvalue weighted by Gasteiger charge is 2.29. The summed E-state index contributed by atoms with van der Waals surface area (Å²) >= 11 is 0. The van der Waals surface area contributed by atoms with Crippen LogP contribution in [0.3, 0.4) is 0 Å². The molecule has 0 amide bonds. The van der Waals surface area contributed by atoms with Gasteiger partial charge in [-0.2, -0.15) is 0 Å². The van der Waals surface area contributed by atoms with Crippen molar-refractivity contribution in [2.24, 2.45) is 5.41 Å². The molecule has 0 atom stereocenters. The van der Waals surface area contributed by atoms with Crippen LogP contribution in [0.5, 0.6) is 5.75 Å². The Morgan fingerprint density at radius 1 is 1.20 bits per heavy atom. The van der Waals surface area contributed by atoms with Gasteiger partial charge < -0.3 is 5.11 Å². The zero-order chi connectivity index (χ0) is 11.5. The Hall–Kier alpha value is -1.31. The molecule has 0 heterocycles. The van der Waals surface area contributed by atoms with Crippen molar-refractivity contribution in [3.63, 3.8) is 0 Å². The van der Waals surface area contributed by atoms with Crippen LogP contribution in [0.25, 0.3) is 0 Å². The van der Waals surface area contributed by atoms with E-state index in [1.807, 2.05) is 20.8 Å². The van der Waals surface area contributed by atoms with Crippen LogP contribution in [0.4, 0.5) is 0 Å². The van der Waals surface area contributed by atoms with Crippen LogP contribution in [-0.4, -0.2) is 10.9 Å². The maximum atomic E-state index is 12.2. The maximum absolute atomic E-state index is 12.2. The molecule has 2 heteroatoms. The van der Waals surface area contributed by atoms with Gasteiger partial charge in [0.05, 0.1) is 0 Å². The van der Waals surface area contributed by atoms with E-state index in [9.17, 15) is 4.79 Å². The number of hydrogen-bond donors (Lipinski definition) is 1. The number of carbonyl (C=O) groups excluding carboxylic acids is 1. The fourth-order valence-electron chi connectivity index (χ4n) is 1.53. The third-order valence-corrected chi connectivity index (χ3v) is 3.24. The molecule has 0 fully saturated rings. The van der Waals surface area contributed by atoms with Crippen LogP contribution in [0.15, 0.2) is 24.3 Å². The first-order chi connectivity index (χ1) is 7.03. The summed E-state index contributed by atoms with van der Waals surface area (Å²) in [6, 6.07) is 6.47. The van der Waals surface area contributed by atoms with Gasteiger partial charge in [0.2, 0.25) is 0 Å². The van der Waals surface area contributed by atoms with Gasteiger partial charge in [-0.15, -0.1) is 0 Å². The predicted molar refractivity (Wildman–Crippen MR) is 61.1 cm³/mol. The topological polar surface area (TPSA) is 37.3 Å². The van der Waals surface area contributed by atoms with E-state index in [1.165, 1.54) is 0 Å². The van der Waals surface area contributed by atoms with Crippen LogP contribution < -0.4 is 0 Å². The average Bonchev–Trinajstić information content (AvgIpc) is 2.28. The molecule has 1 N–H and O–H groups in total. The van der Waals surface area contributed by atoms with Crippen molar-refractivity contribution in [1.29, 1.82) is 0 Å². The molecule has 15 heavy (non-hydrogen) atoms. The molecule has 0 radical (unpaired) electrons. The summed E-state index contributed by atoms with van der Waals surface area (Å²) in [7, 11) is 0. The van der Waals surface area contributed by atoms with Gasteiger partial charge in [-0.25, -0.2) is 0 Å². The molecule has 0 saturated heterocycles. The fraction of sp³-hybridized carbons (Fsp3) is 0.462. The number of phenols is 1. The number of Topliss-reactive ketones (excluding diaryl/α,β-unsaturated/α-hetero) is 1. The molecule has 0 bridgehead atoms. The second-order valence-corrected chi connectivity index (χ2v) is 4.14. The monoisotopic (exact) mass is 206 g/mol. The minimum atomic E-state index is -0.281. The highest BCUT2D eigenvalue weighted by molar-refractivity contribution is 6.00. The van der Waals surface area contributed by atoms with Gasteiger partial charge in [0.15, 0.2) is 5.78 Å². The first-order valence-electron chi connectivity index (χ1n) is 5.37. The van der Waals surface area contributed by atoms with Gasteiger partial charge in [-0.1, -0.05) is 20.8 Å². The number of phenolic OH excluding ortho intramolecular Hbond substituents is 1. The largest absolute Gasteiger partial charge is 0.508 e. The number of rotatable bonds is 4. The Bertz CT molecular complexity index is 334. The molecule has 0 aliphatic heterocycles. The van der Waals surface area contributed by atoms with Crippen molar-refractivity contribution in [3.8, 4) is 5.75 Å². The lowest BCUT2D eigenvalue weighted by Crippen LogP contribution is -2.26. The number of aromatic hydroxyl groups is 1. The SMILES string of the molecule is CCC(C)(CC)C(=O)c1ccc(O)cc1. The molecule has 1 rings (SSSR count). The maximum Gasteiger partial charge on any atom is 0.168 e. The third-order valence-electron chi connectivity index (χ3n) is 3.24. The van der Waals surface area contributed by atoms with Crippen molar-refractivity contribution < 1.29 is 9.90 Å². The molecular weight excluding hydrogens is 188 g/mol. The van der Waals surface area contributed by atoms with E-state index in [-0.39, 0.29) is 16.9 Å². The molecule has 0 aromatic heterocycles. The highest BCUT2D eigenvalue weighted by Crippen LogP contribution is 2.30. The van der Waals surface area contributed by atoms with E-state index in [0.29, 0.717) is 5.56 Å². The predicted octanol–water partition coefficient (Wildman–Crippen LogP) is 3.40. The molecular formula is C13H18O2. The summed E-state index contributed by atoms with van der Waals surface area (Å²) in [5, 5.41) is 9.14. The standard InChI is InChI=1S/C13H18O2/c1-4-13(3,5-2)12(15)10-6-8-11(14)9-7-10/h6-9,14H,4-5H2,1-3H3. The van der Waals surface area contributed by atoms with Gasteiger partial charge in [0.1, 0.15) is 5.75 Å². The highest BCUT2D eigenvalue weighted by atomic mass is 16.3. The lowest BCUT2D eigenvalue weighted by Gasteiger charge is -2.24. The van der Waals surface area contributed by atoms with E-state index in [1.54, 1.807) is 24.3 Å². The lowest BCUT2D eigenvalue weighted by molar-refractivity contribution is 0.0803. The van der Waals surface area contributed by atoms with E-state index in [0.717, 1.165) is 12.8 Å². The minimum Gasteiger partial charge on any atom is -0.508 e. The molecule has 0 aliphatic carbocycles. The van der Waals surface area contributed by atoms with Crippen LogP contribution in [-0.2, 0) is 0 Å². The van der Waals surface area contributed by atoms with Crippen molar-refractivity contribution >= 4 is 5.78 Å². The molecule has 1 aromatic rings. The second-order valence-electron chi connectivity index (χ2n) is 4.14. The number of ketones is 1. The first-order valence-corrected chi connectivity index (χ1v) is 5.37. The molecule has 0 saturated carbocycles. The molecule has 0 aliphatic rings. The quantitative estimate of drug-likeness (QED) is 0.766. The van der Waals surface area contributed by atoms with Gasteiger partial charge >= 0.3 is 0 Å². The lowest BCUT2D eigenvalue weighted by atomic mass is 9.78. The van der Waals surface area contributed by atoms with Crippen molar-refractivity contribution in [2.45, 2.75) is 33.6 Å². The Morgan fingerprint density at radius 3 is 2.07 bits per heavy atom. The molecule has 0 unspecified atom stereocenters. The third kappa shape index (κ3) is 2.38. The number of carbonyl (C=O) groups is 1. The summed E-state index contributed by atoms with van der Waals surface area (Å²) in [4.78, 5) is 12.2. The van der Waals surface area contributed by atoms with Gasteiger partial charge in [-0.3, -0.25) is 4.79 Å². The molecule has 82 valence electrons. The average molecular weight is 206 g/mol. The molecule has 2 nitrogen and oxygen atoms in total. The summed E-state index contributed by atoms with van der Waals surface area (Å²) < 4.78 is 0. The zero-order valence-electron chi connectivity index (χ0n) is 9.58. The smallest absolute Gasteiger partial charge is 0.168 e. The fourth-order valence-corrected chi connectivity index (χ4v) is 1.53. The van der Waals surface area contributed by atoms with E-state index >= 15 is 0 Å². The van der Waals surface area contributed by atoms with E-state index in [4.69, 9.17) is 5.11 Å². The Morgan fingerprint density at radius 2 is 1.67 bits per heavy atom. The first kappa shape index (κ1) is 11.8. The van der Waals surface area contributed by atoms with Gasteiger partial charge in [0.25, 0.3) is 0 Å². The summed E-state index contributed by atoms with van der Waals surface area (Å²) in [5.41, 5.74) is 0.399. The van der Waals surface area contributed by atoms with Crippen LogP contribution in [0, 0.1) is 5.41 Å². The van der Waals surface area contributed by atoms with Gasteiger partial charge in [-0.05, 0) is 37.1 Å². The Labute approximate surface area is 90.9 Å². The summed E-state index contributed by atoms with van der Waals surface area (Å²) in [6.45, 7) is 6.05. The van der Waals surface area contributed by atoms with Crippen LogP contribution in [0.1, 0.15) is 44.0 Å². The Kier molecular flexibility index (Phi) is 3.51. The van der Waals surface area contributed by atoms with Crippen molar-refractivity contribution in [2.75, 3.05) is 0 Å². The number of benzene rings is 1. The zero-order valence-corrected chi connectivity index (χ0v) is 9.58. The minimum absolute atomic E-state index is 0.160. The van der Waals surface area contributed by atoms with E-state index in [2.05, 4.69) is 0 Å². The number of hydrogen-bond acceptors (Lipinski definition) is 2. The summed E-state index contributed by atoms with van der Waals surface area (Å²) in [5.74, 6) is 0.355. The van der Waals surface area contributed by atoms with Crippen molar-refractivity contribution in [1.82, 2.24) is 0 Å². The van der Waals surface area contributed by atoms with Gasteiger partial charge in [0, 0.05) is 11.0 Å². The van der Waals surface area contributed by atoms with Crippen LogP contribution >= 0.6 is 0 Å². The summed E-state index contributed by atoms with van der Waals surface area (Å²) in [6.07, 6.45) is 1.67. The molecule has 0 spiro atoms. The van der Waals surface area contributed by atoms with Crippen molar-refractivity contribution in [3.05, 3.63) is 29.8 Å². The Balaban J connectivity index is 2.98. The molecule has 1 aromatic carbocycles. The van der Waals surface area contributed by atoms with Crippen LogP contribution in [0.2, 0.25) is 0 Å².